The number of pyridine rings is 2. The van der Waals surface area contributed by atoms with Crippen molar-refractivity contribution in [3.05, 3.63) is 54.6 Å². The molecule has 4 aromatic heterocycles. The second-order valence-electron chi connectivity index (χ2n) is 9.21. The summed E-state index contributed by atoms with van der Waals surface area (Å²) in [6.45, 7) is 4.32. The lowest BCUT2D eigenvalue weighted by molar-refractivity contribution is -0.195. The van der Waals surface area contributed by atoms with E-state index in [1.807, 2.05) is 47.7 Å². The predicted molar refractivity (Wildman–Crippen MR) is 131 cm³/mol. The van der Waals surface area contributed by atoms with Crippen LogP contribution in [0.3, 0.4) is 0 Å². The molecule has 4 aromatic rings. The summed E-state index contributed by atoms with van der Waals surface area (Å²) in [5.74, 6) is 2.10. The van der Waals surface area contributed by atoms with Gasteiger partial charge in [0.1, 0.15) is 11.6 Å². The Labute approximate surface area is 202 Å². The van der Waals surface area contributed by atoms with E-state index in [-0.39, 0.29) is 6.10 Å². The number of hydrogen-bond acceptors (Lipinski definition) is 6. The predicted octanol–water partition coefficient (Wildman–Crippen LogP) is 5.00. The number of nitrogens with one attached hydrogen (secondary N) is 2. The molecule has 1 aliphatic heterocycles. The number of alkyl halides is 2. The second kappa shape index (κ2) is 10.1. The molecule has 1 saturated heterocycles. The molecule has 5 heterocycles. The number of aryl methyl sites for hydroxylation is 1. The number of likely N-dealkylation sites (tertiary alicyclic amines) is 1. The van der Waals surface area contributed by atoms with Gasteiger partial charge in [-0.2, -0.15) is 13.9 Å². The summed E-state index contributed by atoms with van der Waals surface area (Å²) in [5, 5.41) is 7.80. The molecule has 0 radical (unpaired) electrons. The SMILES string of the molecule is CC(C)c1c[nH]c(Nc2ccc3ncc(-c4cnn(CCCN5CC(OC(F)F)C5)c4)cc3n2)c1. The van der Waals surface area contributed by atoms with Crippen molar-refractivity contribution in [2.24, 2.45) is 0 Å². The zero-order valence-electron chi connectivity index (χ0n) is 19.8. The molecular formula is C25H29F2N7O. The maximum Gasteiger partial charge on any atom is 0.345 e. The number of H-pyrrole nitrogens is 1. The summed E-state index contributed by atoms with van der Waals surface area (Å²) >= 11 is 0. The van der Waals surface area contributed by atoms with Gasteiger partial charge < -0.3 is 15.0 Å². The summed E-state index contributed by atoms with van der Waals surface area (Å²) in [7, 11) is 0. The first-order chi connectivity index (χ1) is 16.9. The quantitative estimate of drug-likeness (QED) is 0.332. The lowest BCUT2D eigenvalue weighted by Crippen LogP contribution is -2.52. The number of halogens is 2. The highest BCUT2D eigenvalue weighted by atomic mass is 19.3. The zero-order valence-corrected chi connectivity index (χ0v) is 19.8. The molecule has 0 unspecified atom stereocenters. The summed E-state index contributed by atoms with van der Waals surface area (Å²) in [4.78, 5) is 14.7. The van der Waals surface area contributed by atoms with E-state index in [1.165, 1.54) is 5.56 Å². The lowest BCUT2D eigenvalue weighted by Gasteiger charge is -2.38. The molecule has 0 saturated carbocycles. The van der Waals surface area contributed by atoms with E-state index in [4.69, 9.17) is 4.98 Å². The molecule has 10 heteroatoms. The van der Waals surface area contributed by atoms with Gasteiger partial charge in [-0.1, -0.05) is 13.8 Å². The Balaban J connectivity index is 1.19. The smallest absolute Gasteiger partial charge is 0.345 e. The van der Waals surface area contributed by atoms with Crippen LogP contribution in [0.4, 0.5) is 20.4 Å². The Hall–Kier alpha value is -3.37. The molecule has 0 bridgehead atoms. The first-order valence-electron chi connectivity index (χ1n) is 11.8. The van der Waals surface area contributed by atoms with E-state index < -0.39 is 6.61 Å². The third kappa shape index (κ3) is 5.66. The maximum absolute atomic E-state index is 12.2. The van der Waals surface area contributed by atoms with Gasteiger partial charge in [-0.05, 0) is 42.2 Å². The van der Waals surface area contributed by atoms with Crippen LogP contribution in [0.15, 0.2) is 49.1 Å². The largest absolute Gasteiger partial charge is 0.348 e. The van der Waals surface area contributed by atoms with Gasteiger partial charge in [-0.3, -0.25) is 14.6 Å². The van der Waals surface area contributed by atoms with Crippen molar-refractivity contribution in [3.63, 3.8) is 0 Å². The van der Waals surface area contributed by atoms with E-state index in [1.54, 1.807) is 0 Å². The molecule has 0 spiro atoms. The van der Waals surface area contributed by atoms with Gasteiger partial charge in [0.05, 0.1) is 23.3 Å². The van der Waals surface area contributed by atoms with E-state index in [0.717, 1.165) is 53.3 Å². The zero-order chi connectivity index (χ0) is 24.4. The van der Waals surface area contributed by atoms with Crippen molar-refractivity contribution in [2.75, 3.05) is 25.0 Å². The highest BCUT2D eigenvalue weighted by molar-refractivity contribution is 5.81. The Morgan fingerprint density at radius 3 is 2.74 bits per heavy atom. The highest BCUT2D eigenvalue weighted by Gasteiger charge is 2.29. The number of hydrogen-bond donors (Lipinski definition) is 2. The summed E-state index contributed by atoms with van der Waals surface area (Å²) in [5.41, 5.74) is 4.79. The summed E-state index contributed by atoms with van der Waals surface area (Å²) in [6, 6.07) is 7.99. The van der Waals surface area contributed by atoms with Gasteiger partial charge >= 0.3 is 6.61 Å². The number of aromatic amines is 1. The fourth-order valence-electron chi connectivity index (χ4n) is 4.22. The average molecular weight is 482 g/mol. The van der Waals surface area contributed by atoms with E-state index in [2.05, 4.69) is 49.9 Å². The van der Waals surface area contributed by atoms with E-state index in [0.29, 0.717) is 19.0 Å². The minimum atomic E-state index is -2.69. The third-order valence-corrected chi connectivity index (χ3v) is 6.22. The van der Waals surface area contributed by atoms with Crippen molar-refractivity contribution >= 4 is 22.7 Å². The van der Waals surface area contributed by atoms with Crippen LogP contribution in [-0.4, -0.2) is 62.0 Å². The van der Waals surface area contributed by atoms with Crippen molar-refractivity contribution in [1.29, 1.82) is 0 Å². The van der Waals surface area contributed by atoms with Gasteiger partial charge in [0.2, 0.25) is 0 Å². The van der Waals surface area contributed by atoms with Crippen LogP contribution in [0, 0.1) is 0 Å². The van der Waals surface area contributed by atoms with Crippen LogP contribution in [0.5, 0.6) is 0 Å². The molecule has 0 atom stereocenters. The van der Waals surface area contributed by atoms with Gasteiger partial charge in [-0.25, -0.2) is 4.98 Å². The van der Waals surface area contributed by atoms with Crippen molar-refractivity contribution in [1.82, 2.24) is 29.6 Å². The van der Waals surface area contributed by atoms with Crippen molar-refractivity contribution in [2.45, 2.75) is 45.4 Å². The molecule has 0 aromatic carbocycles. The van der Waals surface area contributed by atoms with Crippen LogP contribution < -0.4 is 5.32 Å². The fraction of sp³-hybridized carbons (Fsp3) is 0.400. The monoisotopic (exact) mass is 481 g/mol. The molecule has 1 aliphatic rings. The number of anilines is 2. The van der Waals surface area contributed by atoms with Crippen LogP contribution in [0.2, 0.25) is 0 Å². The average Bonchev–Trinajstić information content (AvgIpc) is 3.46. The molecule has 1 fully saturated rings. The maximum atomic E-state index is 12.2. The molecule has 184 valence electrons. The highest BCUT2D eigenvalue weighted by Crippen LogP contribution is 2.25. The lowest BCUT2D eigenvalue weighted by atomic mass is 10.1. The number of nitrogens with zero attached hydrogens (tertiary/aromatic N) is 5. The first-order valence-corrected chi connectivity index (χ1v) is 11.8. The standard InChI is InChI=1S/C25H29F2N7O/c1-16(2)17-9-24(29-10-17)32-23-5-4-21-22(31-23)8-18(11-28-21)19-12-30-34(13-19)7-3-6-33-14-20(15-33)35-25(26)27/h4-5,8-13,16,20,25,29H,3,6-7,14-15H2,1-2H3,(H,31,32). The summed E-state index contributed by atoms with van der Waals surface area (Å²) < 4.78 is 30.8. The number of ether oxygens (including phenoxy) is 1. The second-order valence-corrected chi connectivity index (χ2v) is 9.21. The minimum absolute atomic E-state index is 0.351. The van der Waals surface area contributed by atoms with Crippen LogP contribution >= 0.6 is 0 Å². The molecule has 5 rings (SSSR count). The van der Waals surface area contributed by atoms with Crippen molar-refractivity contribution < 1.29 is 13.5 Å². The molecule has 35 heavy (non-hydrogen) atoms. The molecule has 2 N–H and O–H groups in total. The van der Waals surface area contributed by atoms with Gasteiger partial charge in [0.15, 0.2) is 0 Å². The Kier molecular flexibility index (Phi) is 6.74. The number of aromatic nitrogens is 5. The summed E-state index contributed by atoms with van der Waals surface area (Å²) in [6.07, 6.45) is 8.20. The van der Waals surface area contributed by atoms with Crippen molar-refractivity contribution in [3.8, 4) is 11.1 Å². The van der Waals surface area contributed by atoms with Gasteiger partial charge in [0.25, 0.3) is 0 Å². The molecule has 0 aliphatic carbocycles. The number of fused-ring (bicyclic) bond motifs is 1. The Morgan fingerprint density at radius 1 is 1.11 bits per heavy atom. The van der Waals surface area contributed by atoms with Gasteiger partial charge in [0, 0.05) is 55.9 Å². The molecule has 0 amide bonds. The van der Waals surface area contributed by atoms with Crippen LogP contribution in [0.1, 0.15) is 31.7 Å². The Morgan fingerprint density at radius 2 is 1.97 bits per heavy atom. The topological polar surface area (TPSA) is 83.9 Å². The third-order valence-electron chi connectivity index (χ3n) is 6.22. The Bertz CT molecular complexity index is 1280. The van der Waals surface area contributed by atoms with Crippen LogP contribution in [-0.2, 0) is 11.3 Å². The minimum Gasteiger partial charge on any atom is -0.348 e. The van der Waals surface area contributed by atoms with E-state index >= 15 is 0 Å². The fourth-order valence-corrected chi connectivity index (χ4v) is 4.22. The van der Waals surface area contributed by atoms with E-state index in [9.17, 15) is 8.78 Å². The normalized spacial score (nSPS) is 14.8. The van der Waals surface area contributed by atoms with Gasteiger partial charge in [-0.15, -0.1) is 0 Å². The number of rotatable bonds is 10. The molecule has 8 nitrogen and oxygen atoms in total. The first kappa shape index (κ1) is 23.4. The molecular weight excluding hydrogens is 452 g/mol. The van der Waals surface area contributed by atoms with Crippen LogP contribution in [0.25, 0.3) is 22.2 Å².